The molecular formula is C3H6S2. The number of thiol groups is 1. The van der Waals surface area contributed by atoms with Crippen LogP contribution in [0.1, 0.15) is 6.92 Å². The van der Waals surface area contributed by atoms with Crippen molar-refractivity contribution < 1.29 is 0 Å². The van der Waals surface area contributed by atoms with Crippen LogP contribution in [0.3, 0.4) is 0 Å². The van der Waals surface area contributed by atoms with Gasteiger partial charge in [0.05, 0.1) is 0 Å². The van der Waals surface area contributed by atoms with Crippen molar-refractivity contribution in [3.63, 3.8) is 0 Å². The topological polar surface area (TPSA) is 0 Å². The summed E-state index contributed by atoms with van der Waals surface area (Å²) in [5, 5.41) is 1.91. The quantitative estimate of drug-likeness (QED) is 0.394. The van der Waals surface area contributed by atoms with Crippen LogP contribution in [-0.2, 0) is 0 Å². The van der Waals surface area contributed by atoms with Gasteiger partial charge in [-0.2, -0.15) is 0 Å². The molecule has 0 nitrogen and oxygen atoms in total. The maximum absolute atomic E-state index is 3.83. The van der Waals surface area contributed by atoms with Crippen LogP contribution >= 0.6 is 22.5 Å². The fourth-order valence-electron chi connectivity index (χ4n) is 0.0609. The smallest absolute Gasteiger partial charge is 0.0227 e. The molecule has 2 heteroatoms. The minimum absolute atomic E-state index is 1.42. The van der Waals surface area contributed by atoms with E-state index in [1.165, 1.54) is 10.8 Å². The predicted molar refractivity (Wildman–Crippen MR) is 31.4 cm³/mol. The predicted octanol–water partition coefficient (Wildman–Crippen LogP) is 2.10. The molecule has 0 aromatic rings. The molecule has 0 saturated carbocycles. The molecule has 0 spiro atoms. The average Bonchev–Trinajstić information content (AvgIpc) is 1.41. The Kier molecular flexibility index (Phi) is 4.83. The van der Waals surface area contributed by atoms with E-state index in [1.807, 2.05) is 18.4 Å². The molecule has 0 heterocycles. The molecular weight excluding hydrogens is 100 g/mol. The van der Waals surface area contributed by atoms with Crippen molar-refractivity contribution in [1.82, 2.24) is 0 Å². The second-order valence-electron chi connectivity index (χ2n) is 0.575. The molecule has 0 aromatic carbocycles. The zero-order valence-corrected chi connectivity index (χ0v) is 4.72. The van der Waals surface area contributed by atoms with Crippen molar-refractivity contribution in [2.45, 2.75) is 6.92 Å². The average molecular weight is 106 g/mol. The SMILES string of the molecule is C/C=C/SS. The summed E-state index contributed by atoms with van der Waals surface area (Å²) in [4.78, 5) is 0. The van der Waals surface area contributed by atoms with Gasteiger partial charge in [-0.1, -0.05) is 16.9 Å². The second kappa shape index (κ2) is 4.44. The molecule has 30 valence electrons. The van der Waals surface area contributed by atoms with E-state index in [0.717, 1.165) is 0 Å². The maximum atomic E-state index is 3.83. The highest BCUT2D eigenvalue weighted by molar-refractivity contribution is 8.69. The highest BCUT2D eigenvalue weighted by Gasteiger charge is 1.52. The summed E-state index contributed by atoms with van der Waals surface area (Å²) in [5.74, 6) is 0. The summed E-state index contributed by atoms with van der Waals surface area (Å²) in [7, 11) is 1.42. The van der Waals surface area contributed by atoms with Crippen molar-refractivity contribution in [3.8, 4) is 0 Å². The molecule has 0 aliphatic carbocycles. The van der Waals surface area contributed by atoms with Gasteiger partial charge in [0, 0.05) is 0 Å². The van der Waals surface area contributed by atoms with Crippen LogP contribution in [0.2, 0.25) is 0 Å². The summed E-state index contributed by atoms with van der Waals surface area (Å²) in [5.41, 5.74) is 0. The van der Waals surface area contributed by atoms with Crippen molar-refractivity contribution in [2.24, 2.45) is 0 Å². The van der Waals surface area contributed by atoms with E-state index in [2.05, 4.69) is 11.7 Å². The first-order valence-corrected chi connectivity index (χ1v) is 3.26. The van der Waals surface area contributed by atoms with Crippen molar-refractivity contribution in [3.05, 3.63) is 11.5 Å². The molecule has 0 aliphatic heterocycles. The highest BCUT2D eigenvalue weighted by atomic mass is 33.1. The van der Waals surface area contributed by atoms with Gasteiger partial charge in [-0.25, -0.2) is 0 Å². The third-order valence-corrected chi connectivity index (χ3v) is 0.956. The number of allylic oxidation sites excluding steroid dienone is 1. The Balaban J connectivity index is 2.62. The first kappa shape index (κ1) is 5.44. The third-order valence-electron chi connectivity index (χ3n) is 0.197. The Morgan fingerprint density at radius 3 is 2.40 bits per heavy atom. The lowest BCUT2D eigenvalue weighted by atomic mass is 10.8. The van der Waals surface area contributed by atoms with Crippen LogP contribution in [0.25, 0.3) is 0 Å². The van der Waals surface area contributed by atoms with E-state index in [-0.39, 0.29) is 0 Å². The van der Waals surface area contributed by atoms with Gasteiger partial charge < -0.3 is 0 Å². The number of hydrogen-bond donors (Lipinski definition) is 1. The second-order valence-corrected chi connectivity index (χ2v) is 1.69. The molecule has 0 fully saturated rings. The third kappa shape index (κ3) is 4.44. The fraction of sp³-hybridized carbons (Fsp3) is 0.333. The van der Waals surface area contributed by atoms with Gasteiger partial charge in [0.2, 0.25) is 0 Å². The molecule has 0 unspecified atom stereocenters. The summed E-state index contributed by atoms with van der Waals surface area (Å²) < 4.78 is 0. The van der Waals surface area contributed by atoms with E-state index in [0.29, 0.717) is 0 Å². The summed E-state index contributed by atoms with van der Waals surface area (Å²) in [6.07, 6.45) is 1.94. The van der Waals surface area contributed by atoms with E-state index >= 15 is 0 Å². The maximum Gasteiger partial charge on any atom is -0.0227 e. The van der Waals surface area contributed by atoms with Crippen LogP contribution in [0.4, 0.5) is 0 Å². The molecule has 0 amide bonds. The van der Waals surface area contributed by atoms with Gasteiger partial charge in [-0.15, -0.1) is 11.7 Å². The summed E-state index contributed by atoms with van der Waals surface area (Å²) in [6, 6.07) is 0. The van der Waals surface area contributed by atoms with Gasteiger partial charge >= 0.3 is 0 Å². The number of hydrogen-bond acceptors (Lipinski definition) is 2. The Labute approximate surface area is 41.5 Å². The Morgan fingerprint density at radius 1 is 1.80 bits per heavy atom. The normalized spacial score (nSPS) is 10.0. The minimum atomic E-state index is 1.42. The molecule has 0 saturated heterocycles. The van der Waals surface area contributed by atoms with Crippen LogP contribution < -0.4 is 0 Å². The highest BCUT2D eigenvalue weighted by Crippen LogP contribution is 2.03. The zero-order chi connectivity index (χ0) is 4.12. The van der Waals surface area contributed by atoms with Crippen LogP contribution in [0.15, 0.2) is 11.5 Å². The lowest BCUT2D eigenvalue weighted by Gasteiger charge is -1.64. The lowest BCUT2D eigenvalue weighted by molar-refractivity contribution is 1.79. The monoisotopic (exact) mass is 106 g/mol. The van der Waals surface area contributed by atoms with Crippen LogP contribution in [0.5, 0.6) is 0 Å². The van der Waals surface area contributed by atoms with Gasteiger partial charge in [0.25, 0.3) is 0 Å². The van der Waals surface area contributed by atoms with E-state index in [1.54, 1.807) is 0 Å². The van der Waals surface area contributed by atoms with Gasteiger partial charge in [-0.3, -0.25) is 0 Å². The molecule has 0 atom stereocenters. The molecule has 0 radical (unpaired) electrons. The molecule has 0 rings (SSSR count). The van der Waals surface area contributed by atoms with E-state index in [4.69, 9.17) is 0 Å². The van der Waals surface area contributed by atoms with E-state index < -0.39 is 0 Å². The first-order valence-electron chi connectivity index (χ1n) is 1.33. The molecule has 0 bridgehead atoms. The Bertz CT molecular complexity index is 31.9. The van der Waals surface area contributed by atoms with Crippen molar-refractivity contribution in [2.75, 3.05) is 0 Å². The molecule has 0 aliphatic rings. The van der Waals surface area contributed by atoms with Gasteiger partial charge in [-0.05, 0) is 12.3 Å². The molecule has 0 aromatic heterocycles. The fourth-order valence-corrected chi connectivity index (χ4v) is 0.548. The Hall–Kier alpha value is 0.440. The van der Waals surface area contributed by atoms with Gasteiger partial charge in [0.15, 0.2) is 0 Å². The lowest BCUT2D eigenvalue weighted by Crippen LogP contribution is -1.27. The van der Waals surface area contributed by atoms with Crippen molar-refractivity contribution >= 4 is 22.5 Å². The van der Waals surface area contributed by atoms with Crippen LogP contribution in [-0.4, -0.2) is 0 Å². The summed E-state index contributed by atoms with van der Waals surface area (Å²) >= 11 is 3.83. The van der Waals surface area contributed by atoms with Crippen LogP contribution in [0, 0.1) is 0 Å². The van der Waals surface area contributed by atoms with Gasteiger partial charge in [0.1, 0.15) is 0 Å². The largest absolute Gasteiger partial charge is 0.107 e. The van der Waals surface area contributed by atoms with E-state index in [9.17, 15) is 0 Å². The molecule has 0 N–H and O–H groups in total. The van der Waals surface area contributed by atoms with Crippen molar-refractivity contribution in [1.29, 1.82) is 0 Å². The molecule has 5 heavy (non-hydrogen) atoms. The standard InChI is InChI=1S/C3H6S2/c1-2-3-5-4/h2-4H,1H3/b3-2+. The first-order chi connectivity index (χ1) is 2.41. The summed E-state index contributed by atoms with van der Waals surface area (Å²) in [6.45, 7) is 1.96. The zero-order valence-electron chi connectivity index (χ0n) is 3.01. The number of rotatable bonds is 1. The Morgan fingerprint density at radius 2 is 2.40 bits per heavy atom. The minimum Gasteiger partial charge on any atom is -0.107 e.